The van der Waals surface area contributed by atoms with E-state index in [1.54, 1.807) is 10.8 Å². The topological polar surface area (TPSA) is 43.8 Å². The van der Waals surface area contributed by atoms with Gasteiger partial charge in [0.1, 0.15) is 5.82 Å². The van der Waals surface area contributed by atoms with Crippen LogP contribution in [-0.4, -0.2) is 9.55 Å². The smallest absolute Gasteiger partial charge is 0.201 e. The van der Waals surface area contributed by atoms with Gasteiger partial charge in [-0.2, -0.15) is 0 Å². The van der Waals surface area contributed by atoms with Gasteiger partial charge in [0.25, 0.3) is 0 Å². The second-order valence-corrected chi connectivity index (χ2v) is 3.09. The molecule has 5 heteroatoms. The van der Waals surface area contributed by atoms with Crippen LogP contribution in [0.15, 0.2) is 10.7 Å². The van der Waals surface area contributed by atoms with Crippen LogP contribution in [0.3, 0.4) is 0 Å². The number of nitrogens with zero attached hydrogens (tertiary/aromatic N) is 2. The Kier molecular flexibility index (Phi) is 2.05. The molecular weight excluding hydrogens is 214 g/mol. The summed E-state index contributed by atoms with van der Waals surface area (Å²) in [5.74, 6) is 0.433. The van der Waals surface area contributed by atoms with Crippen molar-refractivity contribution in [1.82, 2.24) is 9.55 Å². The quantitative estimate of drug-likeness (QED) is 0.673. The van der Waals surface area contributed by atoms with Gasteiger partial charge in [-0.15, -0.1) is 0 Å². The molecule has 0 saturated heterocycles. The second kappa shape index (κ2) is 2.67. The summed E-state index contributed by atoms with van der Waals surface area (Å²) >= 11 is 8.08. The molecule has 0 aromatic carbocycles. The highest BCUT2D eigenvalue weighted by atomic mass is 79.9. The number of halogens is 1. The first-order valence-electron chi connectivity index (χ1n) is 2.60. The first-order valence-corrected chi connectivity index (χ1v) is 3.80. The number of hydrogen-bond donors (Lipinski definition) is 1. The molecule has 0 spiro atoms. The van der Waals surface area contributed by atoms with Crippen LogP contribution in [0, 0.1) is 4.77 Å². The highest BCUT2D eigenvalue weighted by molar-refractivity contribution is 9.10. The first kappa shape index (κ1) is 7.68. The lowest BCUT2D eigenvalue weighted by atomic mass is 10.6. The minimum absolute atomic E-state index is 0.433. The molecule has 0 fully saturated rings. The molecule has 0 saturated carbocycles. The fourth-order valence-electron chi connectivity index (χ4n) is 0.527. The normalized spacial score (nSPS) is 9.80. The van der Waals surface area contributed by atoms with E-state index >= 15 is 0 Å². The van der Waals surface area contributed by atoms with E-state index in [4.69, 9.17) is 18.0 Å². The van der Waals surface area contributed by atoms with Crippen LogP contribution in [0.5, 0.6) is 0 Å². The summed E-state index contributed by atoms with van der Waals surface area (Å²) in [5, 5.41) is 0. The van der Waals surface area contributed by atoms with Crippen LogP contribution in [0.25, 0.3) is 0 Å². The van der Waals surface area contributed by atoms with Crippen LogP contribution >= 0.6 is 28.1 Å². The van der Waals surface area contributed by atoms with Crippen LogP contribution in [-0.2, 0) is 7.05 Å². The van der Waals surface area contributed by atoms with E-state index in [0.29, 0.717) is 10.6 Å². The van der Waals surface area contributed by atoms with Gasteiger partial charge in [0.2, 0.25) is 4.77 Å². The molecule has 0 unspecified atom stereocenters. The zero-order valence-electron chi connectivity index (χ0n) is 5.34. The van der Waals surface area contributed by atoms with E-state index in [-0.39, 0.29) is 0 Å². The number of anilines is 1. The van der Waals surface area contributed by atoms with Crippen LogP contribution in [0.4, 0.5) is 5.82 Å². The van der Waals surface area contributed by atoms with Gasteiger partial charge in [-0.05, 0) is 28.1 Å². The largest absolute Gasteiger partial charge is 0.383 e. The first-order chi connectivity index (χ1) is 4.61. The van der Waals surface area contributed by atoms with Gasteiger partial charge in [0, 0.05) is 13.2 Å². The van der Waals surface area contributed by atoms with Crippen molar-refractivity contribution in [2.45, 2.75) is 0 Å². The molecule has 0 aliphatic carbocycles. The fourth-order valence-corrected chi connectivity index (χ4v) is 1.07. The summed E-state index contributed by atoms with van der Waals surface area (Å²) in [5.41, 5.74) is 5.45. The second-order valence-electron chi connectivity index (χ2n) is 1.87. The predicted octanol–water partition coefficient (Wildman–Crippen LogP) is 1.49. The SMILES string of the molecule is Cn1cc(Br)c(N)nc1=S. The summed E-state index contributed by atoms with van der Waals surface area (Å²) in [6, 6.07) is 0. The van der Waals surface area contributed by atoms with Crippen molar-refractivity contribution in [2.75, 3.05) is 5.73 Å². The van der Waals surface area contributed by atoms with Crippen molar-refractivity contribution >= 4 is 34.0 Å². The number of hydrogen-bond acceptors (Lipinski definition) is 3. The Balaban J connectivity index is 3.43. The summed E-state index contributed by atoms with van der Waals surface area (Å²) < 4.78 is 2.97. The molecule has 54 valence electrons. The van der Waals surface area contributed by atoms with E-state index in [1.165, 1.54) is 0 Å². The third-order valence-corrected chi connectivity index (χ3v) is 2.06. The summed E-state index contributed by atoms with van der Waals surface area (Å²) in [6.07, 6.45) is 1.78. The summed E-state index contributed by atoms with van der Waals surface area (Å²) in [6.45, 7) is 0. The molecule has 0 atom stereocenters. The van der Waals surface area contributed by atoms with Gasteiger partial charge >= 0.3 is 0 Å². The Bertz CT molecular complexity index is 306. The van der Waals surface area contributed by atoms with Crippen LogP contribution in [0.1, 0.15) is 0 Å². The molecule has 0 radical (unpaired) electrons. The maximum Gasteiger partial charge on any atom is 0.201 e. The lowest BCUT2D eigenvalue weighted by Gasteiger charge is -1.99. The van der Waals surface area contributed by atoms with Crippen molar-refractivity contribution in [3.05, 3.63) is 15.4 Å². The number of rotatable bonds is 0. The predicted molar refractivity (Wildman–Crippen MR) is 46.2 cm³/mol. The Hall–Kier alpha value is -0.420. The average Bonchev–Trinajstić information content (AvgIpc) is 1.84. The molecule has 2 N–H and O–H groups in total. The van der Waals surface area contributed by atoms with Crippen molar-refractivity contribution in [1.29, 1.82) is 0 Å². The van der Waals surface area contributed by atoms with Crippen molar-refractivity contribution < 1.29 is 0 Å². The molecule has 1 heterocycles. The molecule has 0 aliphatic heterocycles. The van der Waals surface area contributed by atoms with E-state index < -0.39 is 0 Å². The van der Waals surface area contributed by atoms with Gasteiger partial charge < -0.3 is 10.3 Å². The fraction of sp³-hybridized carbons (Fsp3) is 0.200. The number of aromatic nitrogens is 2. The Morgan fingerprint density at radius 1 is 1.80 bits per heavy atom. The molecule has 1 aromatic rings. The molecule has 0 amide bonds. The summed E-state index contributed by atoms with van der Waals surface area (Å²) in [7, 11) is 1.82. The Morgan fingerprint density at radius 3 is 2.90 bits per heavy atom. The lowest BCUT2D eigenvalue weighted by Crippen LogP contribution is -1.99. The monoisotopic (exact) mass is 219 g/mol. The van der Waals surface area contributed by atoms with E-state index in [9.17, 15) is 0 Å². The van der Waals surface area contributed by atoms with Gasteiger partial charge in [0.05, 0.1) is 4.47 Å². The highest BCUT2D eigenvalue weighted by Crippen LogP contribution is 2.14. The minimum Gasteiger partial charge on any atom is -0.383 e. The van der Waals surface area contributed by atoms with Gasteiger partial charge in [-0.25, -0.2) is 4.98 Å². The Labute approximate surface area is 72.0 Å². The molecule has 1 aromatic heterocycles. The van der Waals surface area contributed by atoms with Crippen molar-refractivity contribution in [3.63, 3.8) is 0 Å². The lowest BCUT2D eigenvalue weighted by molar-refractivity contribution is 0.841. The molecule has 3 nitrogen and oxygen atoms in total. The number of nitrogen functional groups attached to an aromatic ring is 1. The molecule has 10 heavy (non-hydrogen) atoms. The van der Waals surface area contributed by atoms with Crippen molar-refractivity contribution in [3.8, 4) is 0 Å². The number of nitrogens with two attached hydrogens (primary N) is 1. The van der Waals surface area contributed by atoms with Crippen molar-refractivity contribution in [2.24, 2.45) is 7.05 Å². The molecular formula is C5H6BrN3S. The zero-order chi connectivity index (χ0) is 7.72. The van der Waals surface area contributed by atoms with Gasteiger partial charge in [-0.1, -0.05) is 0 Å². The maximum absolute atomic E-state index is 5.45. The van der Waals surface area contributed by atoms with E-state index in [1.807, 2.05) is 7.05 Å². The third kappa shape index (κ3) is 1.35. The standard InChI is InChI=1S/C5H6BrN3S/c1-9-2-3(6)4(7)8-5(9)10/h2H,1H3,(H2,7,8,10). The zero-order valence-corrected chi connectivity index (χ0v) is 7.74. The van der Waals surface area contributed by atoms with Gasteiger partial charge in [-0.3, -0.25) is 0 Å². The van der Waals surface area contributed by atoms with Crippen LogP contribution in [0.2, 0.25) is 0 Å². The molecule has 0 bridgehead atoms. The molecule has 0 aliphatic rings. The summed E-state index contributed by atoms with van der Waals surface area (Å²) in [4.78, 5) is 3.88. The highest BCUT2D eigenvalue weighted by Gasteiger charge is 1.95. The molecule has 1 rings (SSSR count). The average molecular weight is 220 g/mol. The number of aryl methyl sites for hydroxylation is 1. The Morgan fingerprint density at radius 2 is 2.40 bits per heavy atom. The maximum atomic E-state index is 5.45. The van der Waals surface area contributed by atoms with E-state index in [2.05, 4.69) is 20.9 Å². The van der Waals surface area contributed by atoms with Crippen LogP contribution < -0.4 is 5.73 Å². The van der Waals surface area contributed by atoms with E-state index in [0.717, 1.165) is 4.47 Å². The third-order valence-electron chi connectivity index (χ3n) is 1.07. The minimum atomic E-state index is 0.433. The van der Waals surface area contributed by atoms with Gasteiger partial charge in [0.15, 0.2) is 0 Å².